The lowest BCUT2D eigenvalue weighted by atomic mass is 9.80. The molecule has 0 saturated heterocycles. The van der Waals surface area contributed by atoms with Crippen LogP contribution in [0.25, 0.3) is 0 Å². The first-order valence-corrected chi connectivity index (χ1v) is 9.68. The van der Waals surface area contributed by atoms with Gasteiger partial charge in [-0.25, -0.2) is 9.59 Å². The van der Waals surface area contributed by atoms with Crippen molar-refractivity contribution in [1.29, 1.82) is 0 Å². The molecule has 7 heteroatoms. The molecule has 0 fully saturated rings. The topological polar surface area (TPSA) is 90.7 Å². The number of benzene rings is 2. The highest BCUT2D eigenvalue weighted by Crippen LogP contribution is 2.39. The number of rotatable bonds is 5. The van der Waals surface area contributed by atoms with Crippen LogP contribution in [0.1, 0.15) is 30.9 Å². The Morgan fingerprint density at radius 3 is 2.06 bits per heavy atom. The van der Waals surface area contributed by atoms with Crippen molar-refractivity contribution in [1.82, 2.24) is 5.32 Å². The largest absolute Gasteiger partial charge is 0.618 e. The second-order valence-corrected chi connectivity index (χ2v) is 7.08. The fourth-order valence-electron chi connectivity index (χ4n) is 3.68. The zero-order valence-electron chi connectivity index (χ0n) is 17.8. The van der Waals surface area contributed by atoms with E-state index >= 15 is 0 Å². The van der Waals surface area contributed by atoms with Crippen LogP contribution in [0.15, 0.2) is 77.1 Å². The Bertz CT molecular complexity index is 1060. The molecule has 31 heavy (non-hydrogen) atoms. The number of allylic oxidation sites excluding steroid dienone is 2. The third kappa shape index (κ3) is 4.50. The number of dihydropyridines is 1. The maximum Gasteiger partial charge on any atom is 0.336 e. The molecule has 1 aliphatic heterocycles. The molecule has 0 atom stereocenters. The lowest BCUT2D eigenvalue weighted by Gasteiger charge is -2.30. The Morgan fingerprint density at radius 2 is 1.52 bits per heavy atom. The van der Waals surface area contributed by atoms with E-state index in [0.29, 0.717) is 22.6 Å². The highest BCUT2D eigenvalue weighted by molar-refractivity contribution is 5.99. The first kappa shape index (κ1) is 21.8. The van der Waals surface area contributed by atoms with Gasteiger partial charge in [-0.1, -0.05) is 30.3 Å². The van der Waals surface area contributed by atoms with Crippen LogP contribution in [0.3, 0.4) is 0 Å². The zero-order valence-corrected chi connectivity index (χ0v) is 17.8. The van der Waals surface area contributed by atoms with E-state index in [4.69, 9.17) is 9.47 Å². The van der Waals surface area contributed by atoms with E-state index in [1.165, 1.54) is 20.4 Å². The third-order valence-corrected chi connectivity index (χ3v) is 5.09. The predicted octanol–water partition coefficient (Wildman–Crippen LogP) is 3.53. The van der Waals surface area contributed by atoms with Crippen LogP contribution in [0, 0.1) is 5.21 Å². The van der Waals surface area contributed by atoms with Crippen molar-refractivity contribution in [3.8, 4) is 0 Å². The smallest absolute Gasteiger partial charge is 0.336 e. The van der Waals surface area contributed by atoms with Gasteiger partial charge in [0.15, 0.2) is 6.21 Å². The summed E-state index contributed by atoms with van der Waals surface area (Å²) in [7, 11) is 2.57. The lowest BCUT2D eigenvalue weighted by molar-refractivity contribution is -0.354. The van der Waals surface area contributed by atoms with E-state index in [2.05, 4.69) is 5.32 Å². The van der Waals surface area contributed by atoms with Gasteiger partial charge < -0.3 is 20.0 Å². The minimum atomic E-state index is -0.744. The standard InChI is InChI=1S/C24H24N2O5/c1-15-20(23(27)30-3)22(21(16(2)25-15)24(28)31-4)18-11-8-12-19(13-18)26(29)14-17-9-6-5-7-10-17/h5-14,22,25H,1-4H3/b26-14-. The van der Waals surface area contributed by atoms with Crippen LogP contribution in [-0.2, 0) is 19.1 Å². The number of methoxy groups -OCH3 is 2. The third-order valence-electron chi connectivity index (χ3n) is 5.09. The maximum atomic E-state index is 12.8. The van der Waals surface area contributed by atoms with Crippen LogP contribution in [0.5, 0.6) is 0 Å². The molecule has 0 aromatic heterocycles. The van der Waals surface area contributed by atoms with Gasteiger partial charge in [0.05, 0.1) is 31.3 Å². The van der Waals surface area contributed by atoms with Gasteiger partial charge in [0.2, 0.25) is 5.69 Å². The van der Waals surface area contributed by atoms with Gasteiger partial charge in [-0.15, -0.1) is 0 Å². The summed E-state index contributed by atoms with van der Waals surface area (Å²) in [4.78, 5) is 25.2. The molecule has 3 rings (SSSR count). The number of hydrogen-bond acceptors (Lipinski definition) is 6. The molecular formula is C24H24N2O5. The summed E-state index contributed by atoms with van der Waals surface area (Å²) in [5, 5.41) is 15.8. The SMILES string of the molecule is COC(=O)C1=C(C)NC(C)=C(C(=O)OC)C1c1cccc(/[N+]([O-])=C/c2ccccc2)c1. The molecule has 7 nitrogen and oxygen atoms in total. The van der Waals surface area contributed by atoms with Crippen molar-refractivity contribution in [3.63, 3.8) is 0 Å². The summed E-state index contributed by atoms with van der Waals surface area (Å²) in [5.74, 6) is -1.88. The summed E-state index contributed by atoms with van der Waals surface area (Å²) < 4.78 is 10.7. The summed E-state index contributed by atoms with van der Waals surface area (Å²) in [5.41, 5.74) is 3.43. The van der Waals surface area contributed by atoms with Gasteiger partial charge in [-0.2, -0.15) is 4.74 Å². The van der Waals surface area contributed by atoms with E-state index in [1.807, 2.05) is 30.3 Å². The summed E-state index contributed by atoms with van der Waals surface area (Å²) >= 11 is 0. The Kier molecular flexibility index (Phi) is 6.55. The Labute approximate surface area is 180 Å². The molecule has 0 radical (unpaired) electrons. The summed E-state index contributed by atoms with van der Waals surface area (Å²) in [6, 6.07) is 16.0. The Morgan fingerprint density at radius 1 is 0.935 bits per heavy atom. The number of esters is 2. The fourth-order valence-corrected chi connectivity index (χ4v) is 3.68. The zero-order chi connectivity index (χ0) is 22.5. The second kappa shape index (κ2) is 9.30. The summed E-state index contributed by atoms with van der Waals surface area (Å²) in [6.07, 6.45) is 1.46. The van der Waals surface area contributed by atoms with Crippen molar-refractivity contribution in [3.05, 3.63) is 93.5 Å². The minimum Gasteiger partial charge on any atom is -0.618 e. The molecule has 2 aromatic carbocycles. The molecule has 1 N–H and O–H groups in total. The molecule has 1 aliphatic rings. The molecule has 0 unspecified atom stereocenters. The van der Waals surface area contributed by atoms with E-state index in [9.17, 15) is 14.8 Å². The van der Waals surface area contributed by atoms with Crippen molar-refractivity contribution >= 4 is 23.8 Å². The number of carbonyl (C=O) groups excluding carboxylic acids is 2. The highest BCUT2D eigenvalue weighted by Gasteiger charge is 2.37. The molecule has 0 spiro atoms. The van der Waals surface area contributed by atoms with Crippen LogP contribution in [-0.4, -0.2) is 37.1 Å². The van der Waals surface area contributed by atoms with Crippen LogP contribution < -0.4 is 5.32 Å². The highest BCUT2D eigenvalue weighted by atomic mass is 16.5. The fraction of sp³-hybridized carbons (Fsp3) is 0.208. The molecule has 160 valence electrons. The molecule has 0 aliphatic carbocycles. The quantitative estimate of drug-likeness (QED) is 0.262. The first-order chi connectivity index (χ1) is 14.9. The molecule has 0 saturated carbocycles. The summed E-state index contributed by atoms with van der Waals surface area (Å²) in [6.45, 7) is 3.48. The van der Waals surface area contributed by atoms with E-state index in [1.54, 1.807) is 38.1 Å². The number of nitrogens with zero attached hydrogens (tertiary/aromatic N) is 1. The average molecular weight is 420 g/mol. The number of ether oxygens (including phenoxy) is 2. The van der Waals surface area contributed by atoms with Crippen LogP contribution >= 0.6 is 0 Å². The lowest BCUT2D eigenvalue weighted by Crippen LogP contribution is -2.32. The Hall–Kier alpha value is -3.87. The molecule has 0 amide bonds. The van der Waals surface area contributed by atoms with Crippen LogP contribution in [0.2, 0.25) is 0 Å². The molecule has 0 bridgehead atoms. The van der Waals surface area contributed by atoms with Crippen molar-refractivity contribution in [2.45, 2.75) is 19.8 Å². The van der Waals surface area contributed by atoms with Crippen molar-refractivity contribution in [2.24, 2.45) is 0 Å². The van der Waals surface area contributed by atoms with Gasteiger partial charge in [0.25, 0.3) is 0 Å². The van der Waals surface area contributed by atoms with Gasteiger partial charge in [-0.05, 0) is 31.5 Å². The first-order valence-electron chi connectivity index (χ1n) is 9.68. The van der Waals surface area contributed by atoms with E-state index < -0.39 is 17.9 Å². The number of carbonyl (C=O) groups is 2. The number of nitrogens with one attached hydrogen (secondary N) is 1. The van der Waals surface area contributed by atoms with Gasteiger partial charge in [-0.3, -0.25) is 0 Å². The predicted molar refractivity (Wildman–Crippen MR) is 117 cm³/mol. The van der Waals surface area contributed by atoms with E-state index in [0.717, 1.165) is 10.3 Å². The average Bonchev–Trinajstić information content (AvgIpc) is 2.78. The monoisotopic (exact) mass is 420 g/mol. The second-order valence-electron chi connectivity index (χ2n) is 7.08. The number of hydrogen-bond donors (Lipinski definition) is 1. The van der Waals surface area contributed by atoms with Crippen molar-refractivity contribution in [2.75, 3.05) is 14.2 Å². The van der Waals surface area contributed by atoms with Gasteiger partial charge >= 0.3 is 11.9 Å². The maximum absolute atomic E-state index is 12.8. The van der Waals surface area contributed by atoms with Gasteiger partial charge in [0, 0.05) is 29.1 Å². The van der Waals surface area contributed by atoms with Gasteiger partial charge in [0.1, 0.15) is 0 Å². The molecule has 2 aromatic rings. The normalized spacial score (nSPS) is 14.9. The Balaban J connectivity index is 2.14. The molecule has 1 heterocycles. The molecular weight excluding hydrogens is 396 g/mol. The van der Waals surface area contributed by atoms with E-state index in [-0.39, 0.29) is 11.1 Å². The minimum absolute atomic E-state index is 0.287. The van der Waals surface area contributed by atoms with Crippen LogP contribution in [0.4, 0.5) is 5.69 Å². The van der Waals surface area contributed by atoms with Crippen molar-refractivity contribution < 1.29 is 23.8 Å².